The predicted octanol–water partition coefficient (Wildman–Crippen LogP) is 6.82. The summed E-state index contributed by atoms with van der Waals surface area (Å²) in [5.41, 5.74) is 4.52. The van der Waals surface area contributed by atoms with E-state index in [1.165, 1.54) is 0 Å². The molecular formula is C27H32N+. The number of rotatable bonds is 3. The molecule has 1 aromatic heterocycles. The summed E-state index contributed by atoms with van der Waals surface area (Å²) < 4.78 is 59.7. The van der Waals surface area contributed by atoms with Gasteiger partial charge in [-0.15, -0.1) is 0 Å². The second kappa shape index (κ2) is 7.91. The molecule has 2 aromatic carbocycles. The van der Waals surface area contributed by atoms with Crippen LogP contribution in [-0.2, 0) is 7.05 Å². The third-order valence-corrected chi connectivity index (χ3v) is 5.95. The zero-order valence-corrected chi connectivity index (χ0v) is 16.7. The third kappa shape index (κ3) is 3.51. The minimum absolute atomic E-state index is 0.135. The Bertz CT molecular complexity index is 1240. The van der Waals surface area contributed by atoms with Crippen molar-refractivity contribution in [2.45, 2.75) is 58.6 Å². The highest BCUT2D eigenvalue weighted by Gasteiger charge is 2.22. The lowest BCUT2D eigenvalue weighted by Crippen LogP contribution is -2.31. The first kappa shape index (κ1) is 12.2. The molecule has 0 amide bonds. The van der Waals surface area contributed by atoms with Crippen molar-refractivity contribution in [2.75, 3.05) is 0 Å². The molecule has 0 unspecified atom stereocenters. The van der Waals surface area contributed by atoms with Crippen molar-refractivity contribution in [3.8, 4) is 22.4 Å². The van der Waals surface area contributed by atoms with Gasteiger partial charge in [0.1, 0.15) is 7.05 Å². The Balaban J connectivity index is 1.97. The van der Waals surface area contributed by atoms with Crippen LogP contribution >= 0.6 is 0 Å². The quantitative estimate of drug-likeness (QED) is 0.441. The van der Waals surface area contributed by atoms with Crippen molar-refractivity contribution >= 4 is 0 Å². The molecule has 1 heteroatoms. The lowest BCUT2D eigenvalue weighted by atomic mass is 9.83. The fourth-order valence-electron chi connectivity index (χ4n) is 4.36. The second-order valence-corrected chi connectivity index (χ2v) is 7.78. The first-order chi connectivity index (χ1) is 16.3. The van der Waals surface area contributed by atoms with Crippen LogP contribution in [0.15, 0.2) is 54.7 Å². The highest BCUT2D eigenvalue weighted by Crippen LogP contribution is 2.37. The predicted molar refractivity (Wildman–Crippen MR) is 119 cm³/mol. The average molecular weight is 378 g/mol. The van der Waals surface area contributed by atoms with Gasteiger partial charge in [0.05, 0.1) is 0 Å². The fourth-order valence-corrected chi connectivity index (χ4v) is 4.36. The second-order valence-electron chi connectivity index (χ2n) is 7.78. The molecule has 1 aliphatic rings. The molecule has 1 saturated carbocycles. The van der Waals surface area contributed by atoms with Crippen LogP contribution in [0.5, 0.6) is 0 Å². The number of hydrogen-bond acceptors (Lipinski definition) is 0. The summed E-state index contributed by atoms with van der Waals surface area (Å²) in [6.07, 6.45) is 6.87. The Labute approximate surface area is 179 Å². The van der Waals surface area contributed by atoms with Crippen LogP contribution in [-0.4, -0.2) is 0 Å². The van der Waals surface area contributed by atoms with Crippen LogP contribution in [0.4, 0.5) is 0 Å². The number of hydrogen-bond donors (Lipinski definition) is 0. The lowest BCUT2D eigenvalue weighted by molar-refractivity contribution is -0.660. The van der Waals surface area contributed by atoms with Gasteiger partial charge < -0.3 is 0 Å². The van der Waals surface area contributed by atoms with Crippen LogP contribution in [0.3, 0.4) is 0 Å². The zero-order valence-electron chi connectivity index (χ0n) is 23.7. The Kier molecular flexibility index (Phi) is 3.45. The van der Waals surface area contributed by atoms with Crippen molar-refractivity contribution in [3.05, 3.63) is 77.0 Å². The van der Waals surface area contributed by atoms with E-state index in [4.69, 9.17) is 9.60 Å². The molecule has 3 aromatic rings. The monoisotopic (exact) mass is 377 g/mol. The molecule has 0 saturated heterocycles. The van der Waals surface area contributed by atoms with Crippen molar-refractivity contribution in [3.63, 3.8) is 0 Å². The lowest BCUT2D eigenvalue weighted by Gasteiger charge is -2.22. The Hall–Kier alpha value is -2.41. The van der Waals surface area contributed by atoms with Crippen LogP contribution in [0, 0.1) is 20.6 Å². The van der Waals surface area contributed by atoms with Crippen molar-refractivity contribution < 1.29 is 14.2 Å². The van der Waals surface area contributed by atoms with E-state index in [0.717, 1.165) is 48.9 Å². The average Bonchev–Trinajstić information content (AvgIpc) is 2.78. The van der Waals surface area contributed by atoms with Crippen LogP contribution < -0.4 is 4.57 Å². The van der Waals surface area contributed by atoms with E-state index in [1.807, 2.05) is 36.9 Å². The molecule has 28 heavy (non-hydrogen) atoms. The van der Waals surface area contributed by atoms with Gasteiger partial charge in [-0.1, -0.05) is 49.6 Å². The van der Waals surface area contributed by atoms with Gasteiger partial charge in [-0.25, -0.2) is 4.57 Å². The standard InChI is InChI=1S/C27H32N/c1-19-10-8-9-13-24(19)27-20(2)14-15-25(21(27)3)26-18-23(16-17-28(26)4)22-11-6-5-7-12-22/h8-10,13-18,22H,5-7,11-12H2,1-4H3/q+1/i1D3,2D3,22D. The molecule has 144 valence electrons. The molecule has 4 rings (SSSR count). The van der Waals surface area contributed by atoms with Gasteiger partial charge in [0.25, 0.3) is 0 Å². The number of benzene rings is 2. The number of aromatic nitrogens is 1. The van der Waals surface area contributed by atoms with Crippen LogP contribution in [0.25, 0.3) is 22.4 Å². The summed E-state index contributed by atoms with van der Waals surface area (Å²) in [6, 6.07) is 14.1. The summed E-state index contributed by atoms with van der Waals surface area (Å²) in [6.45, 7) is -2.92. The highest BCUT2D eigenvalue weighted by molar-refractivity contribution is 5.80. The Morgan fingerprint density at radius 2 is 1.71 bits per heavy atom. The third-order valence-electron chi connectivity index (χ3n) is 5.95. The van der Waals surface area contributed by atoms with E-state index in [0.29, 0.717) is 16.7 Å². The zero-order chi connectivity index (χ0) is 25.6. The van der Waals surface area contributed by atoms with E-state index in [2.05, 4.69) is 6.07 Å². The van der Waals surface area contributed by atoms with Gasteiger partial charge in [0.2, 0.25) is 5.69 Å². The molecule has 0 aliphatic heterocycles. The maximum atomic E-state index is 9.09. The van der Waals surface area contributed by atoms with Gasteiger partial charge in [0.15, 0.2) is 6.20 Å². The maximum Gasteiger partial charge on any atom is 0.212 e. The molecule has 1 aliphatic carbocycles. The SMILES string of the molecule is [2H]C([2H])([2H])c1ccccc1-c1c(C([2H])([2H])[2H])ccc(-c2cc(C3([2H])CCCCC3)cc[n+]2C)c1C. The molecule has 1 heterocycles. The summed E-state index contributed by atoms with van der Waals surface area (Å²) in [4.78, 5) is 0. The van der Waals surface area contributed by atoms with Crippen molar-refractivity contribution in [1.82, 2.24) is 0 Å². The van der Waals surface area contributed by atoms with Gasteiger partial charge in [0, 0.05) is 27.3 Å². The van der Waals surface area contributed by atoms with E-state index < -0.39 is 19.6 Å². The van der Waals surface area contributed by atoms with Crippen molar-refractivity contribution in [1.29, 1.82) is 0 Å². The smallest absolute Gasteiger partial charge is 0.201 e. The van der Waals surface area contributed by atoms with Gasteiger partial charge in [-0.05, 0) is 78.8 Å². The number of aryl methyl sites for hydroxylation is 3. The fraction of sp³-hybridized carbons (Fsp3) is 0.370. The normalized spacial score (nSPS) is 20.7. The van der Waals surface area contributed by atoms with Gasteiger partial charge in [-0.3, -0.25) is 0 Å². The summed E-state index contributed by atoms with van der Waals surface area (Å²) >= 11 is 0. The maximum absolute atomic E-state index is 9.09. The van der Waals surface area contributed by atoms with Crippen LogP contribution in [0.1, 0.15) is 69.8 Å². The molecule has 1 fully saturated rings. The summed E-state index contributed by atoms with van der Waals surface area (Å²) in [7, 11) is 1.93. The molecule has 0 radical (unpaired) electrons. The van der Waals surface area contributed by atoms with E-state index in [-0.39, 0.29) is 11.1 Å². The Morgan fingerprint density at radius 1 is 0.929 bits per heavy atom. The van der Waals surface area contributed by atoms with Crippen LogP contribution in [0.2, 0.25) is 0 Å². The largest absolute Gasteiger partial charge is 0.212 e. The number of pyridine rings is 1. The molecule has 0 bridgehead atoms. The molecule has 0 spiro atoms. The first-order valence-corrected chi connectivity index (χ1v) is 10.1. The highest BCUT2D eigenvalue weighted by atomic mass is 14.9. The summed E-state index contributed by atoms with van der Waals surface area (Å²) in [5, 5.41) is 0. The first-order valence-electron chi connectivity index (χ1n) is 13.6. The minimum atomic E-state index is -2.40. The molecule has 1 nitrogen and oxygen atoms in total. The molecule has 0 N–H and O–H groups in total. The molecular weight excluding hydrogens is 338 g/mol. The van der Waals surface area contributed by atoms with E-state index in [9.17, 15) is 0 Å². The minimum Gasteiger partial charge on any atom is -0.201 e. The van der Waals surface area contributed by atoms with Gasteiger partial charge >= 0.3 is 0 Å². The Morgan fingerprint density at radius 3 is 2.50 bits per heavy atom. The molecule has 0 atom stereocenters. The van der Waals surface area contributed by atoms with E-state index in [1.54, 1.807) is 30.3 Å². The number of nitrogens with zero attached hydrogens (tertiary/aromatic N) is 1. The van der Waals surface area contributed by atoms with Gasteiger partial charge in [-0.2, -0.15) is 0 Å². The van der Waals surface area contributed by atoms with Crippen molar-refractivity contribution in [2.24, 2.45) is 7.05 Å². The topological polar surface area (TPSA) is 3.88 Å². The van der Waals surface area contributed by atoms with E-state index >= 15 is 0 Å². The summed E-state index contributed by atoms with van der Waals surface area (Å²) in [5.74, 6) is -0.621.